The highest BCUT2D eigenvalue weighted by Gasteiger charge is 2.34. The Morgan fingerprint density at radius 2 is 1.60 bits per heavy atom. The van der Waals surface area contributed by atoms with E-state index < -0.39 is 40.2 Å². The van der Waals surface area contributed by atoms with Crippen molar-refractivity contribution < 1.29 is 22.4 Å². The molecule has 0 fully saturated rings. The van der Waals surface area contributed by atoms with Crippen LogP contribution in [0, 0.1) is 5.82 Å². The number of hydrogen-bond acceptors (Lipinski definition) is 4. The number of rotatable bonds is 11. The molecule has 0 heterocycles. The summed E-state index contributed by atoms with van der Waals surface area (Å²) in [5.41, 5.74) is 0.568. The van der Waals surface area contributed by atoms with Crippen molar-refractivity contribution in [2.45, 2.75) is 50.7 Å². The predicted molar refractivity (Wildman–Crippen MR) is 157 cm³/mol. The minimum atomic E-state index is -4.30. The molecule has 0 spiro atoms. The summed E-state index contributed by atoms with van der Waals surface area (Å²) < 4.78 is 42.3. The van der Waals surface area contributed by atoms with Gasteiger partial charge in [-0.1, -0.05) is 66.0 Å². The Bertz CT molecular complexity index is 1470. The predicted octanol–water partition coefficient (Wildman–Crippen LogP) is 6.31. The number of halogens is 4. The third-order valence-corrected chi connectivity index (χ3v) is 8.77. The minimum Gasteiger partial charge on any atom is -0.352 e. The molecule has 0 aliphatic rings. The number of sulfonamides is 1. The largest absolute Gasteiger partial charge is 0.352 e. The fraction of sp³-hybridized carbons (Fsp3) is 0.286. The minimum absolute atomic E-state index is 0.0160. The maximum Gasteiger partial charge on any atom is 0.264 e. The first-order valence-electron chi connectivity index (χ1n) is 12.4. The molecule has 40 heavy (non-hydrogen) atoms. The van der Waals surface area contributed by atoms with Gasteiger partial charge in [0.05, 0.1) is 25.7 Å². The second kappa shape index (κ2) is 13.7. The quantitative estimate of drug-likeness (QED) is 0.270. The van der Waals surface area contributed by atoms with Crippen molar-refractivity contribution >= 4 is 62.3 Å². The van der Waals surface area contributed by atoms with E-state index in [0.717, 1.165) is 16.4 Å². The average molecular weight is 629 g/mol. The summed E-state index contributed by atoms with van der Waals surface area (Å²) >= 11 is 18.2. The van der Waals surface area contributed by atoms with Gasteiger partial charge in [0.2, 0.25) is 11.8 Å². The zero-order valence-corrected chi connectivity index (χ0v) is 25.2. The van der Waals surface area contributed by atoms with E-state index in [9.17, 15) is 22.4 Å². The summed E-state index contributed by atoms with van der Waals surface area (Å²) in [5.74, 6) is -1.81. The Morgan fingerprint density at radius 1 is 0.925 bits per heavy atom. The van der Waals surface area contributed by atoms with Crippen molar-refractivity contribution in [2.75, 3.05) is 10.8 Å². The monoisotopic (exact) mass is 627 g/mol. The van der Waals surface area contributed by atoms with Crippen molar-refractivity contribution in [3.63, 3.8) is 0 Å². The number of benzene rings is 3. The molecule has 0 saturated carbocycles. The van der Waals surface area contributed by atoms with Gasteiger partial charge >= 0.3 is 0 Å². The molecule has 12 heteroatoms. The number of anilines is 1. The lowest BCUT2D eigenvalue weighted by Crippen LogP contribution is -2.53. The van der Waals surface area contributed by atoms with Gasteiger partial charge in [0, 0.05) is 12.6 Å². The number of carbonyl (C=O) groups is 2. The van der Waals surface area contributed by atoms with E-state index in [0.29, 0.717) is 10.6 Å². The van der Waals surface area contributed by atoms with Gasteiger partial charge in [0.15, 0.2) is 0 Å². The van der Waals surface area contributed by atoms with Crippen LogP contribution >= 0.6 is 34.8 Å². The SMILES string of the molecule is CC[C@@H](C(=O)NC(C)C)N(Cc1ccc(Cl)c(Cl)c1)C(=O)CN(c1ccc(F)c(Cl)c1)S(=O)(=O)c1ccccc1. The molecule has 0 aliphatic carbocycles. The lowest BCUT2D eigenvalue weighted by Gasteiger charge is -2.33. The molecule has 2 amide bonds. The molecule has 0 radical (unpaired) electrons. The molecule has 3 aromatic rings. The molecule has 0 unspecified atom stereocenters. The van der Waals surface area contributed by atoms with Crippen LogP contribution in [0.5, 0.6) is 0 Å². The molecule has 0 saturated heterocycles. The van der Waals surface area contributed by atoms with E-state index in [4.69, 9.17) is 34.8 Å². The number of nitrogens with zero attached hydrogens (tertiary/aromatic N) is 2. The number of hydrogen-bond donors (Lipinski definition) is 1. The van der Waals surface area contributed by atoms with Crippen molar-refractivity contribution in [1.29, 1.82) is 0 Å². The summed E-state index contributed by atoms with van der Waals surface area (Å²) in [5, 5.41) is 3.09. The smallest absolute Gasteiger partial charge is 0.264 e. The normalized spacial score (nSPS) is 12.2. The summed E-state index contributed by atoms with van der Waals surface area (Å²) in [4.78, 5) is 28.4. The fourth-order valence-corrected chi connectivity index (χ4v) is 5.95. The van der Waals surface area contributed by atoms with Crippen LogP contribution in [0.1, 0.15) is 32.8 Å². The molecular weight excluding hydrogens is 600 g/mol. The molecule has 214 valence electrons. The number of carbonyl (C=O) groups excluding carboxylic acids is 2. The van der Waals surface area contributed by atoms with Gasteiger partial charge in [0.1, 0.15) is 18.4 Å². The van der Waals surface area contributed by atoms with Gasteiger partial charge in [-0.3, -0.25) is 13.9 Å². The Balaban J connectivity index is 2.09. The molecule has 0 bridgehead atoms. The van der Waals surface area contributed by atoms with Crippen LogP contribution in [0.2, 0.25) is 15.1 Å². The third-order valence-electron chi connectivity index (χ3n) is 5.96. The van der Waals surface area contributed by atoms with Crippen molar-refractivity contribution in [3.05, 3.63) is 93.2 Å². The first-order chi connectivity index (χ1) is 18.8. The molecule has 0 aromatic heterocycles. The standard InChI is InChI=1S/C28H29Cl3FN3O4S/c1-4-26(28(37)33-18(2)3)34(16-19-10-12-22(29)23(30)14-19)27(36)17-35(20-11-13-25(32)24(31)15-20)40(38,39)21-8-6-5-7-9-21/h5-15,18,26H,4,16-17H2,1-3H3,(H,33,37)/t26-/m0/s1. The third kappa shape index (κ3) is 7.66. The van der Waals surface area contributed by atoms with Crippen LogP contribution in [0.3, 0.4) is 0 Å². The van der Waals surface area contributed by atoms with Crippen molar-refractivity contribution in [1.82, 2.24) is 10.2 Å². The van der Waals surface area contributed by atoms with Gasteiger partial charge in [-0.2, -0.15) is 0 Å². The molecule has 3 aromatic carbocycles. The van der Waals surface area contributed by atoms with Crippen LogP contribution in [0.25, 0.3) is 0 Å². The van der Waals surface area contributed by atoms with E-state index in [1.54, 1.807) is 57.2 Å². The first kappa shape index (κ1) is 31.7. The second-order valence-electron chi connectivity index (χ2n) is 9.28. The average Bonchev–Trinajstić information content (AvgIpc) is 2.90. The highest BCUT2D eigenvalue weighted by atomic mass is 35.5. The topological polar surface area (TPSA) is 86.8 Å². The molecule has 1 atom stereocenters. The first-order valence-corrected chi connectivity index (χ1v) is 15.0. The van der Waals surface area contributed by atoms with Crippen LogP contribution in [0.15, 0.2) is 71.6 Å². The molecular formula is C28H29Cl3FN3O4S. The van der Waals surface area contributed by atoms with E-state index in [1.807, 2.05) is 0 Å². The van der Waals surface area contributed by atoms with Crippen LogP contribution < -0.4 is 9.62 Å². The summed E-state index contributed by atoms with van der Waals surface area (Å²) in [7, 11) is -4.30. The Morgan fingerprint density at radius 3 is 2.17 bits per heavy atom. The Labute approximate surface area is 248 Å². The van der Waals surface area contributed by atoms with E-state index in [1.165, 1.54) is 23.1 Å². The maximum absolute atomic E-state index is 14.0. The zero-order chi connectivity index (χ0) is 29.6. The lowest BCUT2D eigenvalue weighted by atomic mass is 10.1. The van der Waals surface area contributed by atoms with Gasteiger partial charge in [-0.05, 0) is 68.3 Å². The molecule has 1 N–H and O–H groups in total. The van der Waals surface area contributed by atoms with Gasteiger partial charge in [0.25, 0.3) is 10.0 Å². The summed E-state index contributed by atoms with van der Waals surface area (Å²) in [6.45, 7) is 4.59. The van der Waals surface area contributed by atoms with Gasteiger partial charge < -0.3 is 10.2 Å². The Hall–Kier alpha value is -2.85. The number of nitrogens with one attached hydrogen (secondary N) is 1. The summed E-state index contributed by atoms with van der Waals surface area (Å²) in [6.07, 6.45) is 0.249. The lowest BCUT2D eigenvalue weighted by molar-refractivity contribution is -0.140. The van der Waals surface area contributed by atoms with Gasteiger partial charge in [-0.25, -0.2) is 12.8 Å². The Kier molecular flexibility index (Phi) is 10.8. The molecule has 7 nitrogen and oxygen atoms in total. The highest BCUT2D eigenvalue weighted by molar-refractivity contribution is 7.92. The fourth-order valence-electron chi connectivity index (χ4n) is 4.02. The second-order valence-corrected chi connectivity index (χ2v) is 12.4. The van der Waals surface area contributed by atoms with E-state index >= 15 is 0 Å². The molecule has 3 rings (SSSR count). The molecule has 0 aliphatic heterocycles. The van der Waals surface area contributed by atoms with Crippen LogP contribution in [-0.4, -0.2) is 43.8 Å². The maximum atomic E-state index is 14.0. The zero-order valence-electron chi connectivity index (χ0n) is 22.1. The van der Waals surface area contributed by atoms with E-state index in [-0.39, 0.29) is 39.6 Å². The van der Waals surface area contributed by atoms with Crippen molar-refractivity contribution in [3.8, 4) is 0 Å². The van der Waals surface area contributed by atoms with E-state index in [2.05, 4.69) is 5.32 Å². The number of amides is 2. The van der Waals surface area contributed by atoms with Crippen LogP contribution in [0.4, 0.5) is 10.1 Å². The summed E-state index contributed by atoms with van der Waals surface area (Å²) in [6, 6.07) is 14.6. The van der Waals surface area contributed by atoms with Crippen molar-refractivity contribution in [2.24, 2.45) is 0 Å². The van der Waals surface area contributed by atoms with Crippen LogP contribution in [-0.2, 0) is 26.2 Å². The van der Waals surface area contributed by atoms with Gasteiger partial charge in [-0.15, -0.1) is 0 Å². The highest BCUT2D eigenvalue weighted by Crippen LogP contribution is 2.29.